The number of rotatable bonds is 5. The zero-order valence-corrected chi connectivity index (χ0v) is 18.0. The van der Waals surface area contributed by atoms with Crippen molar-refractivity contribution in [3.8, 4) is 11.3 Å². The van der Waals surface area contributed by atoms with Gasteiger partial charge in [-0.3, -0.25) is 0 Å². The summed E-state index contributed by atoms with van der Waals surface area (Å²) in [5, 5.41) is 15.0. The molecule has 4 rings (SSSR count). The lowest BCUT2D eigenvalue weighted by Crippen LogP contribution is -2.25. The molecule has 7 heteroatoms. The Labute approximate surface area is 181 Å². The molecule has 1 aromatic heterocycles. The van der Waals surface area contributed by atoms with Gasteiger partial charge in [0.15, 0.2) is 0 Å². The maximum absolute atomic E-state index is 11.0. The first kappa shape index (κ1) is 20.4. The molecule has 2 heterocycles. The van der Waals surface area contributed by atoms with Crippen molar-refractivity contribution >= 4 is 23.0 Å². The molecule has 0 radical (unpaired) electrons. The minimum absolute atomic E-state index is 0.252. The fourth-order valence-corrected chi connectivity index (χ4v) is 3.90. The SMILES string of the molecule is CN(C)CCCc1cccc(N=c2ncc3c(n2O)-c2ccc(Cl)cc2NCC3)c1. The van der Waals surface area contributed by atoms with Gasteiger partial charge in [-0.25, -0.2) is 9.98 Å². The lowest BCUT2D eigenvalue weighted by molar-refractivity contribution is 0.171. The van der Waals surface area contributed by atoms with Gasteiger partial charge in [0.05, 0.1) is 11.4 Å². The number of aromatic nitrogens is 2. The lowest BCUT2D eigenvalue weighted by Gasteiger charge is -2.13. The third-order valence-corrected chi connectivity index (χ3v) is 5.43. The molecule has 0 amide bonds. The Hall–Kier alpha value is -2.83. The van der Waals surface area contributed by atoms with Crippen molar-refractivity contribution in [2.24, 2.45) is 4.99 Å². The van der Waals surface area contributed by atoms with Gasteiger partial charge in [-0.1, -0.05) is 23.7 Å². The summed E-state index contributed by atoms with van der Waals surface area (Å²) >= 11 is 6.16. The molecular weight excluding hydrogens is 398 g/mol. The number of nitrogens with one attached hydrogen (secondary N) is 1. The van der Waals surface area contributed by atoms with Crippen molar-refractivity contribution in [1.29, 1.82) is 0 Å². The molecule has 0 saturated carbocycles. The maximum atomic E-state index is 11.0. The van der Waals surface area contributed by atoms with E-state index >= 15 is 0 Å². The number of halogens is 1. The fourth-order valence-electron chi connectivity index (χ4n) is 3.73. The largest absolute Gasteiger partial charge is 0.425 e. The average molecular weight is 424 g/mol. The van der Waals surface area contributed by atoms with Gasteiger partial charge in [0.1, 0.15) is 0 Å². The summed E-state index contributed by atoms with van der Waals surface area (Å²) < 4.78 is 1.09. The molecular formula is C23H26ClN5O. The van der Waals surface area contributed by atoms with Crippen molar-refractivity contribution in [2.45, 2.75) is 19.3 Å². The van der Waals surface area contributed by atoms with Gasteiger partial charge >= 0.3 is 0 Å². The maximum Gasteiger partial charge on any atom is 0.264 e. The standard InChI is InChI=1S/C23H26ClN5O/c1-28(2)12-4-6-16-5-3-7-19(13-16)27-23-26-15-17-10-11-25-21-14-18(24)8-9-20(21)22(17)29(23)30/h3,5,7-9,13-15,25,30H,4,6,10-12H2,1-2H3. The highest BCUT2D eigenvalue weighted by Gasteiger charge is 2.19. The van der Waals surface area contributed by atoms with Crippen molar-refractivity contribution in [3.05, 3.63) is 70.4 Å². The number of hydrogen-bond donors (Lipinski definition) is 2. The molecule has 0 unspecified atom stereocenters. The van der Waals surface area contributed by atoms with Crippen molar-refractivity contribution in [2.75, 3.05) is 32.5 Å². The summed E-state index contributed by atoms with van der Waals surface area (Å²) in [6, 6.07) is 13.7. The van der Waals surface area contributed by atoms with Gasteiger partial charge in [0.25, 0.3) is 5.62 Å². The second-order valence-electron chi connectivity index (χ2n) is 7.80. The summed E-state index contributed by atoms with van der Waals surface area (Å²) in [6.45, 7) is 1.79. The van der Waals surface area contributed by atoms with Crippen LogP contribution in [0.4, 0.5) is 11.4 Å². The van der Waals surface area contributed by atoms with Crippen LogP contribution >= 0.6 is 11.6 Å². The van der Waals surface area contributed by atoms with Crippen LogP contribution in [0.5, 0.6) is 0 Å². The molecule has 0 atom stereocenters. The molecule has 0 spiro atoms. The van der Waals surface area contributed by atoms with Crippen molar-refractivity contribution in [3.63, 3.8) is 0 Å². The van der Waals surface area contributed by atoms with Crippen LogP contribution in [0.3, 0.4) is 0 Å². The molecule has 0 fully saturated rings. The first-order chi connectivity index (χ1) is 14.5. The second-order valence-corrected chi connectivity index (χ2v) is 8.24. The monoisotopic (exact) mass is 423 g/mol. The summed E-state index contributed by atoms with van der Waals surface area (Å²) in [7, 11) is 4.16. The Kier molecular flexibility index (Phi) is 6.06. The quantitative estimate of drug-likeness (QED) is 0.605. The Bertz CT molecular complexity index is 1120. The van der Waals surface area contributed by atoms with Crippen LogP contribution in [0.1, 0.15) is 17.5 Å². The minimum atomic E-state index is 0.252. The van der Waals surface area contributed by atoms with E-state index < -0.39 is 0 Å². The Balaban J connectivity index is 1.72. The van der Waals surface area contributed by atoms with E-state index in [1.165, 1.54) is 5.56 Å². The van der Waals surface area contributed by atoms with E-state index in [1.807, 2.05) is 30.3 Å². The molecule has 0 saturated heterocycles. The van der Waals surface area contributed by atoms with Crippen LogP contribution in [0.25, 0.3) is 11.3 Å². The summed E-state index contributed by atoms with van der Waals surface area (Å²) in [6.07, 6.45) is 4.61. The van der Waals surface area contributed by atoms with E-state index in [2.05, 4.69) is 46.4 Å². The summed E-state index contributed by atoms with van der Waals surface area (Å²) in [5.41, 5.74) is 5.68. The molecule has 30 heavy (non-hydrogen) atoms. The summed E-state index contributed by atoms with van der Waals surface area (Å²) in [4.78, 5) is 11.2. The van der Waals surface area contributed by atoms with Crippen molar-refractivity contribution < 1.29 is 5.21 Å². The van der Waals surface area contributed by atoms with Gasteiger partial charge in [0, 0.05) is 34.6 Å². The Morgan fingerprint density at radius 2 is 2.10 bits per heavy atom. The lowest BCUT2D eigenvalue weighted by atomic mass is 10.1. The molecule has 2 N–H and O–H groups in total. The zero-order valence-electron chi connectivity index (χ0n) is 17.3. The average Bonchev–Trinajstić information content (AvgIpc) is 2.89. The fraction of sp³-hybridized carbons (Fsp3) is 0.304. The normalized spacial score (nSPS) is 13.5. The number of fused-ring (bicyclic) bond motifs is 3. The topological polar surface area (TPSA) is 65.7 Å². The predicted octanol–water partition coefficient (Wildman–Crippen LogP) is 4.14. The highest BCUT2D eigenvalue weighted by molar-refractivity contribution is 6.31. The summed E-state index contributed by atoms with van der Waals surface area (Å²) in [5.74, 6) is 0. The van der Waals surface area contributed by atoms with E-state index in [0.717, 1.165) is 59.6 Å². The number of hydrogen-bond acceptors (Lipinski definition) is 5. The molecule has 1 aliphatic heterocycles. The van der Waals surface area contributed by atoms with Crippen LogP contribution in [-0.2, 0) is 12.8 Å². The first-order valence-electron chi connectivity index (χ1n) is 10.1. The third kappa shape index (κ3) is 4.50. The van der Waals surface area contributed by atoms with Crippen LogP contribution in [0, 0.1) is 0 Å². The van der Waals surface area contributed by atoms with E-state index in [9.17, 15) is 5.21 Å². The van der Waals surface area contributed by atoms with Crippen LogP contribution in [0.2, 0.25) is 5.02 Å². The number of anilines is 1. The Morgan fingerprint density at radius 1 is 1.23 bits per heavy atom. The Morgan fingerprint density at radius 3 is 2.93 bits per heavy atom. The van der Waals surface area contributed by atoms with Crippen molar-refractivity contribution in [1.82, 2.24) is 14.6 Å². The second kappa shape index (κ2) is 8.90. The van der Waals surface area contributed by atoms with Crippen LogP contribution in [0.15, 0.2) is 53.7 Å². The van der Waals surface area contributed by atoms with Gasteiger partial charge in [-0.05, 0) is 75.8 Å². The highest BCUT2D eigenvalue weighted by atomic mass is 35.5. The molecule has 3 aromatic rings. The van der Waals surface area contributed by atoms with Crippen LogP contribution < -0.4 is 10.9 Å². The van der Waals surface area contributed by atoms with Gasteiger partial charge in [-0.15, -0.1) is 4.73 Å². The first-order valence-corrected chi connectivity index (χ1v) is 10.5. The molecule has 156 valence electrons. The molecule has 6 nitrogen and oxygen atoms in total. The van der Waals surface area contributed by atoms with Gasteiger partial charge in [0.2, 0.25) is 0 Å². The van der Waals surface area contributed by atoms with E-state index in [1.54, 1.807) is 6.20 Å². The minimum Gasteiger partial charge on any atom is -0.425 e. The third-order valence-electron chi connectivity index (χ3n) is 5.20. The highest BCUT2D eigenvalue weighted by Crippen LogP contribution is 2.34. The number of aryl methyl sites for hydroxylation is 1. The molecule has 2 aromatic carbocycles. The van der Waals surface area contributed by atoms with Gasteiger partial charge < -0.3 is 15.4 Å². The van der Waals surface area contributed by atoms with E-state index in [4.69, 9.17) is 11.6 Å². The molecule has 0 aliphatic carbocycles. The number of nitrogens with zero attached hydrogens (tertiary/aromatic N) is 4. The van der Waals surface area contributed by atoms with Gasteiger partial charge in [-0.2, -0.15) is 0 Å². The molecule has 0 bridgehead atoms. The zero-order chi connectivity index (χ0) is 21.1. The predicted molar refractivity (Wildman–Crippen MR) is 121 cm³/mol. The molecule has 1 aliphatic rings. The van der Waals surface area contributed by atoms with Crippen LogP contribution in [-0.4, -0.2) is 47.0 Å². The van der Waals surface area contributed by atoms with E-state index in [-0.39, 0.29) is 5.62 Å². The smallest absolute Gasteiger partial charge is 0.264 e. The number of benzene rings is 2. The van der Waals surface area contributed by atoms with E-state index in [0.29, 0.717) is 10.7 Å².